The van der Waals surface area contributed by atoms with Gasteiger partial charge in [0.2, 0.25) is 0 Å². The van der Waals surface area contributed by atoms with Gasteiger partial charge in [0, 0.05) is 11.5 Å². The summed E-state index contributed by atoms with van der Waals surface area (Å²) in [7, 11) is 0. The Balaban J connectivity index is 1.60. The van der Waals surface area contributed by atoms with Gasteiger partial charge in [-0.05, 0) is 62.2 Å². The average Bonchev–Trinajstić information content (AvgIpc) is 3.22. The van der Waals surface area contributed by atoms with Gasteiger partial charge in [-0.2, -0.15) is 0 Å². The smallest absolute Gasteiger partial charge is 0.258 e. The molecule has 0 radical (unpaired) electrons. The van der Waals surface area contributed by atoms with Crippen LogP contribution >= 0.6 is 0 Å². The second kappa shape index (κ2) is 7.50. The zero-order valence-electron chi connectivity index (χ0n) is 20.7. The van der Waals surface area contributed by atoms with Gasteiger partial charge in [-0.15, -0.1) is 0 Å². The standard InChI is InChI=1S/C34H25NO2/c1-33(2)28-14-6-8-16-30(28)34(31-17-9-7-15-29(31)33)26-13-5-3-12-24(26)25-21-22(19-20-27(25)34)23-11-4-10-18-32(23)35(36)37/h3-21H,1-2H3. The van der Waals surface area contributed by atoms with Crippen LogP contribution in [0, 0.1) is 10.1 Å². The average molecular weight is 480 g/mol. The van der Waals surface area contributed by atoms with Crippen molar-refractivity contribution in [3.05, 3.63) is 159 Å². The predicted octanol–water partition coefficient (Wildman–Crippen LogP) is 8.26. The first-order chi connectivity index (χ1) is 18.0. The minimum atomic E-state index is -0.449. The molecule has 0 amide bonds. The number of rotatable bonds is 2. The van der Waals surface area contributed by atoms with E-state index < -0.39 is 5.41 Å². The van der Waals surface area contributed by atoms with E-state index in [0.29, 0.717) is 5.56 Å². The number of nitro benzene ring substituents is 1. The van der Waals surface area contributed by atoms with Crippen molar-refractivity contribution in [2.75, 3.05) is 0 Å². The van der Waals surface area contributed by atoms with Gasteiger partial charge in [0.1, 0.15) is 0 Å². The summed E-state index contributed by atoms with van der Waals surface area (Å²) < 4.78 is 0. The SMILES string of the molecule is CC1(C)c2ccccc2C2(c3ccccc3-c3cc(-c4ccccc4[N+](=O)[O-])ccc32)c2ccccc21. The molecule has 2 aliphatic carbocycles. The Kier molecular flexibility index (Phi) is 4.41. The molecule has 0 saturated carbocycles. The number of hydrogen-bond donors (Lipinski definition) is 0. The lowest BCUT2D eigenvalue weighted by Gasteiger charge is -2.46. The summed E-state index contributed by atoms with van der Waals surface area (Å²) in [6.45, 7) is 4.63. The molecule has 37 heavy (non-hydrogen) atoms. The molecule has 0 saturated heterocycles. The summed E-state index contributed by atoms with van der Waals surface area (Å²) in [5.41, 5.74) is 11.1. The zero-order chi connectivity index (χ0) is 25.4. The minimum Gasteiger partial charge on any atom is -0.258 e. The fraction of sp³-hybridized carbons (Fsp3) is 0.118. The van der Waals surface area contributed by atoms with Crippen molar-refractivity contribution in [2.24, 2.45) is 0 Å². The third kappa shape index (κ3) is 2.71. The molecule has 0 aliphatic heterocycles. The maximum atomic E-state index is 11.8. The third-order valence-corrected chi connectivity index (χ3v) is 8.47. The Bertz CT molecular complexity index is 1700. The lowest BCUT2D eigenvalue weighted by molar-refractivity contribution is -0.384. The van der Waals surface area contributed by atoms with Crippen molar-refractivity contribution < 1.29 is 4.92 Å². The van der Waals surface area contributed by atoms with Crippen LogP contribution in [0.5, 0.6) is 0 Å². The van der Waals surface area contributed by atoms with Crippen LogP contribution in [0.15, 0.2) is 115 Å². The van der Waals surface area contributed by atoms with Crippen molar-refractivity contribution in [3.8, 4) is 22.3 Å². The number of hydrogen-bond acceptors (Lipinski definition) is 2. The molecule has 5 aromatic rings. The van der Waals surface area contributed by atoms with Crippen molar-refractivity contribution in [1.82, 2.24) is 0 Å². The Morgan fingerprint density at radius 2 is 1.03 bits per heavy atom. The topological polar surface area (TPSA) is 43.1 Å². The maximum Gasteiger partial charge on any atom is 0.277 e. The van der Waals surface area contributed by atoms with Gasteiger partial charge in [-0.25, -0.2) is 0 Å². The number of nitrogens with zero attached hydrogens (tertiary/aromatic N) is 1. The normalized spacial score (nSPS) is 15.4. The molecule has 0 atom stereocenters. The molecule has 3 nitrogen and oxygen atoms in total. The van der Waals surface area contributed by atoms with E-state index in [1.54, 1.807) is 12.1 Å². The number of benzene rings is 5. The van der Waals surface area contributed by atoms with Crippen LogP contribution in [0.1, 0.15) is 47.2 Å². The second-order valence-electron chi connectivity index (χ2n) is 10.5. The van der Waals surface area contributed by atoms with Crippen molar-refractivity contribution in [1.29, 1.82) is 0 Å². The summed E-state index contributed by atoms with van der Waals surface area (Å²) >= 11 is 0. The highest BCUT2D eigenvalue weighted by molar-refractivity contribution is 5.91. The van der Waals surface area contributed by atoms with Gasteiger partial charge < -0.3 is 0 Å². The summed E-state index contributed by atoms with van der Waals surface area (Å²) in [5, 5.41) is 11.8. The summed E-state index contributed by atoms with van der Waals surface area (Å²) in [5.74, 6) is 0. The van der Waals surface area contributed by atoms with Crippen molar-refractivity contribution in [3.63, 3.8) is 0 Å². The molecule has 2 aliphatic rings. The fourth-order valence-electron chi connectivity index (χ4n) is 6.91. The van der Waals surface area contributed by atoms with E-state index >= 15 is 0 Å². The van der Waals surface area contributed by atoms with Gasteiger partial charge in [0.05, 0.1) is 15.9 Å². The first-order valence-electron chi connectivity index (χ1n) is 12.6. The third-order valence-electron chi connectivity index (χ3n) is 8.47. The van der Waals surface area contributed by atoms with Gasteiger partial charge in [0.25, 0.3) is 5.69 Å². The Hall–Kier alpha value is -4.50. The van der Waals surface area contributed by atoms with Crippen LogP contribution in [0.25, 0.3) is 22.3 Å². The first-order valence-corrected chi connectivity index (χ1v) is 12.6. The summed E-state index contributed by atoms with van der Waals surface area (Å²) in [6.07, 6.45) is 0. The van der Waals surface area contributed by atoms with Crippen LogP contribution in [-0.2, 0) is 10.8 Å². The van der Waals surface area contributed by atoms with Crippen LogP contribution < -0.4 is 0 Å². The molecule has 0 bridgehead atoms. The highest BCUT2D eigenvalue weighted by Gasteiger charge is 2.53. The largest absolute Gasteiger partial charge is 0.277 e. The highest BCUT2D eigenvalue weighted by atomic mass is 16.6. The van der Waals surface area contributed by atoms with E-state index in [1.165, 1.54) is 38.9 Å². The van der Waals surface area contributed by atoms with Crippen LogP contribution in [0.2, 0.25) is 0 Å². The number of fused-ring (bicyclic) bond motifs is 9. The molecule has 0 fully saturated rings. The van der Waals surface area contributed by atoms with E-state index in [2.05, 4.69) is 105 Å². The zero-order valence-corrected chi connectivity index (χ0v) is 20.7. The van der Waals surface area contributed by atoms with Gasteiger partial charge >= 0.3 is 0 Å². The monoisotopic (exact) mass is 479 g/mol. The number of nitro groups is 1. The van der Waals surface area contributed by atoms with Crippen molar-refractivity contribution in [2.45, 2.75) is 24.7 Å². The molecule has 0 aromatic heterocycles. The van der Waals surface area contributed by atoms with Gasteiger partial charge in [-0.3, -0.25) is 10.1 Å². The van der Waals surface area contributed by atoms with E-state index in [0.717, 1.165) is 11.1 Å². The van der Waals surface area contributed by atoms with E-state index in [4.69, 9.17) is 0 Å². The molecule has 5 aromatic carbocycles. The maximum absolute atomic E-state index is 11.8. The van der Waals surface area contributed by atoms with E-state index in [1.807, 2.05) is 12.1 Å². The first kappa shape index (κ1) is 21.8. The predicted molar refractivity (Wildman–Crippen MR) is 148 cm³/mol. The second-order valence-corrected chi connectivity index (χ2v) is 10.5. The Labute approximate surface area is 216 Å². The highest BCUT2D eigenvalue weighted by Crippen LogP contribution is 2.62. The molecule has 178 valence electrons. The quantitative estimate of drug-likeness (QED) is 0.185. The lowest BCUT2D eigenvalue weighted by atomic mass is 9.55. The Morgan fingerprint density at radius 3 is 1.65 bits per heavy atom. The van der Waals surface area contributed by atoms with E-state index in [9.17, 15) is 10.1 Å². The van der Waals surface area contributed by atoms with Gasteiger partial charge in [0.15, 0.2) is 0 Å². The minimum absolute atomic E-state index is 0.124. The van der Waals surface area contributed by atoms with Crippen LogP contribution in [-0.4, -0.2) is 4.92 Å². The lowest BCUT2D eigenvalue weighted by Crippen LogP contribution is -2.40. The van der Waals surface area contributed by atoms with Crippen molar-refractivity contribution >= 4 is 5.69 Å². The fourth-order valence-corrected chi connectivity index (χ4v) is 6.91. The van der Waals surface area contributed by atoms with E-state index in [-0.39, 0.29) is 16.0 Å². The molecular formula is C34H25NO2. The van der Waals surface area contributed by atoms with Crippen LogP contribution in [0.4, 0.5) is 5.69 Å². The molecular weight excluding hydrogens is 454 g/mol. The van der Waals surface area contributed by atoms with Crippen LogP contribution in [0.3, 0.4) is 0 Å². The molecule has 7 rings (SSSR count). The molecule has 0 unspecified atom stereocenters. The molecule has 0 N–H and O–H groups in total. The summed E-state index contributed by atoms with van der Waals surface area (Å²) in [4.78, 5) is 11.5. The number of para-hydroxylation sites is 1. The molecule has 1 spiro atoms. The Morgan fingerprint density at radius 1 is 0.541 bits per heavy atom. The van der Waals surface area contributed by atoms with Gasteiger partial charge in [-0.1, -0.05) is 111 Å². The summed E-state index contributed by atoms with van der Waals surface area (Å²) in [6, 6.07) is 39.8. The molecule has 0 heterocycles. The molecule has 3 heteroatoms.